The third-order valence-electron chi connectivity index (χ3n) is 8.54. The Labute approximate surface area is 300 Å². The van der Waals surface area contributed by atoms with Crippen molar-refractivity contribution in [1.29, 1.82) is 0 Å². The van der Waals surface area contributed by atoms with Crippen molar-refractivity contribution < 1.29 is 49.2 Å². The van der Waals surface area contributed by atoms with E-state index >= 15 is 0 Å². The van der Waals surface area contributed by atoms with E-state index in [1.165, 1.54) is 79.8 Å². The van der Waals surface area contributed by atoms with Crippen LogP contribution in [0.1, 0.15) is 28.7 Å². The number of halogens is 4. The first-order valence-electron chi connectivity index (χ1n) is 14.1. The van der Waals surface area contributed by atoms with Crippen LogP contribution in [0.3, 0.4) is 0 Å². The Balaban J connectivity index is 0.00000171. The van der Waals surface area contributed by atoms with Gasteiger partial charge in [-0.2, -0.15) is 0 Å². The molecule has 6 aromatic rings. The molecule has 0 saturated heterocycles. The van der Waals surface area contributed by atoms with Crippen LogP contribution in [0, 0.1) is 0 Å². The van der Waals surface area contributed by atoms with Crippen molar-refractivity contribution in [3.63, 3.8) is 0 Å². The Bertz CT molecular complexity index is 2240. The van der Waals surface area contributed by atoms with Gasteiger partial charge in [0.2, 0.25) is 0 Å². The van der Waals surface area contributed by atoms with Crippen molar-refractivity contribution in [2.75, 3.05) is 0 Å². The largest absolute Gasteiger partial charge is 1.00 e. The van der Waals surface area contributed by atoms with Gasteiger partial charge >= 0.3 is 279 Å². The molecule has 2 aliphatic rings. The third-order valence-corrected chi connectivity index (χ3v) is 11.5. The fraction of sp³-hybridized carbons (Fsp3) is 0.0256. The first-order chi connectivity index (χ1) is 20.6. The molecule has 0 amide bonds. The second-order valence-electron chi connectivity index (χ2n) is 10.8. The SMILES string of the molecule is Brc1ccc(C(c2ccc(Br)cc2)=c2ccc3c(c2C2=CC=CC2)-c2c(c4ccccc4c4ccccc24)[C]=3[Hf+2])cc1.[Cl-].[Cl-]. The van der Waals surface area contributed by atoms with Crippen molar-refractivity contribution in [3.05, 3.63) is 169 Å². The Morgan fingerprint density at radius 2 is 1.07 bits per heavy atom. The van der Waals surface area contributed by atoms with Gasteiger partial charge in [-0.05, 0) is 0 Å². The van der Waals surface area contributed by atoms with Gasteiger partial charge in [-0.25, -0.2) is 0 Å². The minimum atomic E-state index is 0. The Morgan fingerprint density at radius 1 is 0.545 bits per heavy atom. The summed E-state index contributed by atoms with van der Waals surface area (Å²) < 4.78 is 3.66. The minimum Gasteiger partial charge on any atom is -1.00 e. The molecule has 211 valence electrons. The fourth-order valence-electron chi connectivity index (χ4n) is 6.75. The topological polar surface area (TPSA) is 0 Å². The molecular weight excluding hydrogens is 878 g/mol. The Morgan fingerprint density at radius 3 is 1.59 bits per heavy atom. The third kappa shape index (κ3) is 5.06. The van der Waals surface area contributed by atoms with E-state index in [1.807, 2.05) is 0 Å². The molecule has 0 aliphatic heterocycles. The number of hydrogen-bond donors (Lipinski definition) is 0. The van der Waals surface area contributed by atoms with E-state index in [0.717, 1.165) is 39.7 Å². The minimum absolute atomic E-state index is 0. The summed E-state index contributed by atoms with van der Waals surface area (Å²) in [5.74, 6) is 0. The molecule has 5 heteroatoms. The molecule has 0 atom stereocenters. The van der Waals surface area contributed by atoms with Gasteiger partial charge in [0.15, 0.2) is 0 Å². The summed E-state index contributed by atoms with van der Waals surface area (Å²) >= 11 is 8.29. The van der Waals surface area contributed by atoms with Gasteiger partial charge < -0.3 is 24.8 Å². The zero-order valence-electron chi connectivity index (χ0n) is 23.3. The zero-order valence-corrected chi connectivity index (χ0v) is 31.6. The summed E-state index contributed by atoms with van der Waals surface area (Å²) in [4.78, 5) is 0. The fourth-order valence-corrected chi connectivity index (χ4v) is 8.96. The van der Waals surface area contributed by atoms with Crippen molar-refractivity contribution in [1.82, 2.24) is 0 Å². The average molecular weight is 901 g/mol. The molecule has 0 heterocycles. The summed E-state index contributed by atoms with van der Waals surface area (Å²) in [5.41, 5.74) is 10.7. The van der Waals surface area contributed by atoms with Gasteiger partial charge in [0.25, 0.3) is 0 Å². The molecule has 0 unspecified atom stereocenters. The molecule has 0 nitrogen and oxygen atoms in total. The van der Waals surface area contributed by atoms with Crippen molar-refractivity contribution in [3.8, 4) is 11.1 Å². The molecule has 0 aromatic heterocycles. The number of benzene rings is 6. The first-order valence-corrected chi connectivity index (χ1v) is 17.4. The molecule has 0 fully saturated rings. The molecule has 2 aliphatic carbocycles. The van der Waals surface area contributed by atoms with Crippen LogP contribution in [0.4, 0.5) is 0 Å². The molecule has 6 aromatic carbocycles. The summed E-state index contributed by atoms with van der Waals surface area (Å²) in [7, 11) is 0. The van der Waals surface area contributed by atoms with Crippen LogP contribution in [0.5, 0.6) is 0 Å². The van der Waals surface area contributed by atoms with Gasteiger partial charge in [0.1, 0.15) is 0 Å². The maximum atomic E-state index is 3.66. The molecule has 44 heavy (non-hydrogen) atoms. The zero-order chi connectivity index (χ0) is 28.4. The van der Waals surface area contributed by atoms with Crippen molar-refractivity contribution >= 4 is 67.9 Å². The monoisotopic (exact) mass is 899 g/mol. The van der Waals surface area contributed by atoms with Crippen LogP contribution in [0.2, 0.25) is 0 Å². The number of hydrogen-bond acceptors (Lipinski definition) is 0. The number of fused-ring (bicyclic) bond motifs is 8. The maximum Gasteiger partial charge on any atom is -1.00 e. The molecule has 0 saturated carbocycles. The van der Waals surface area contributed by atoms with Crippen LogP contribution in [-0.2, 0) is 24.4 Å². The maximum absolute atomic E-state index is 3.66. The summed E-state index contributed by atoms with van der Waals surface area (Å²) in [6.45, 7) is 0. The van der Waals surface area contributed by atoms with Crippen LogP contribution in [0.15, 0.2) is 136 Å². The number of rotatable bonds is 3. The predicted octanol–water partition coefficient (Wildman–Crippen LogP) is 3.80. The van der Waals surface area contributed by atoms with E-state index in [0.29, 0.717) is 0 Å². The first kappa shape index (κ1) is 31.5. The van der Waals surface area contributed by atoms with E-state index in [4.69, 9.17) is 0 Å². The van der Waals surface area contributed by atoms with Gasteiger partial charge in [-0.3, -0.25) is 0 Å². The van der Waals surface area contributed by atoms with E-state index in [-0.39, 0.29) is 24.8 Å². The Hall–Kier alpha value is -2.53. The smallest absolute Gasteiger partial charge is 1.00 e. The molecular formula is C39H23Br2Cl2Hf. The molecule has 0 bridgehead atoms. The number of allylic oxidation sites excluding steroid dienone is 4. The second-order valence-corrected chi connectivity index (χ2v) is 14.5. The quantitative estimate of drug-likeness (QED) is 0.188. The molecule has 0 N–H and O–H groups in total. The standard InChI is InChI=1S/C39H23Br2.2ClH.Hf/c40-28-18-13-25(14-19-28)36(26-15-20-29(41)21-16-26)34-22-17-27-23-35-32-11-4-3-9-30(32)31-10-5-6-12-33(31)39(35)38(27)37(34)24-7-1-2-8-24;;;/h1-7,9-22H,8H2;2*1H;/q;;;+2/p-2. The van der Waals surface area contributed by atoms with Crippen LogP contribution < -0.4 is 35.3 Å². The summed E-state index contributed by atoms with van der Waals surface area (Å²) in [5, 5.41) is 8.06. The predicted molar refractivity (Wildman–Crippen MR) is 180 cm³/mol. The van der Waals surface area contributed by atoms with Gasteiger partial charge in [0.05, 0.1) is 0 Å². The summed E-state index contributed by atoms with van der Waals surface area (Å²) in [6.07, 6.45) is 7.77. The van der Waals surface area contributed by atoms with Crippen molar-refractivity contribution in [2.45, 2.75) is 6.42 Å². The summed E-state index contributed by atoms with van der Waals surface area (Å²) in [6, 6.07) is 40.3. The van der Waals surface area contributed by atoms with Gasteiger partial charge in [0, 0.05) is 0 Å². The van der Waals surface area contributed by atoms with E-state index < -0.39 is 0 Å². The van der Waals surface area contributed by atoms with E-state index in [9.17, 15) is 0 Å². The average Bonchev–Trinajstić information content (AvgIpc) is 3.66. The van der Waals surface area contributed by atoms with Gasteiger partial charge in [-0.15, -0.1) is 0 Å². The van der Waals surface area contributed by atoms with Crippen LogP contribution in [-0.4, -0.2) is 0 Å². The molecule has 0 spiro atoms. The second kappa shape index (κ2) is 12.7. The Kier molecular flexibility index (Phi) is 9.08. The molecule has 8 rings (SSSR count). The van der Waals surface area contributed by atoms with Gasteiger partial charge in [-0.1, -0.05) is 0 Å². The van der Waals surface area contributed by atoms with Crippen molar-refractivity contribution in [2.24, 2.45) is 0 Å². The molecule has 0 radical (unpaired) electrons. The van der Waals surface area contributed by atoms with Crippen LogP contribution in [0.25, 0.3) is 47.1 Å². The van der Waals surface area contributed by atoms with E-state index in [1.54, 1.807) is 0 Å². The normalized spacial score (nSPS) is 12.9. The van der Waals surface area contributed by atoms with E-state index in [2.05, 4.69) is 159 Å². The van der Waals surface area contributed by atoms with Crippen LogP contribution >= 0.6 is 31.9 Å².